The van der Waals surface area contributed by atoms with Crippen LogP contribution in [0.2, 0.25) is 0 Å². The molecule has 1 aliphatic carbocycles. The second-order valence-electron chi connectivity index (χ2n) is 7.30. The minimum absolute atomic E-state index is 0.0799. The number of ketones is 1. The summed E-state index contributed by atoms with van der Waals surface area (Å²) in [6.07, 6.45) is 4.77. The molecular formula is C16H24N2O2. The van der Waals surface area contributed by atoms with Gasteiger partial charge in [-0.3, -0.25) is 9.48 Å². The average molecular weight is 276 g/mol. The zero-order valence-electron chi connectivity index (χ0n) is 13.0. The summed E-state index contributed by atoms with van der Waals surface area (Å²) in [6, 6.07) is 1.89. The van der Waals surface area contributed by atoms with Crippen LogP contribution >= 0.6 is 0 Å². The summed E-state index contributed by atoms with van der Waals surface area (Å²) in [7, 11) is 0. The van der Waals surface area contributed by atoms with E-state index in [0.29, 0.717) is 18.4 Å². The van der Waals surface area contributed by atoms with Crippen molar-refractivity contribution in [1.29, 1.82) is 0 Å². The van der Waals surface area contributed by atoms with Gasteiger partial charge in [-0.25, -0.2) is 0 Å². The molecule has 20 heavy (non-hydrogen) atoms. The van der Waals surface area contributed by atoms with E-state index in [9.17, 15) is 9.90 Å². The van der Waals surface area contributed by atoms with E-state index in [0.717, 1.165) is 0 Å². The van der Waals surface area contributed by atoms with Crippen molar-refractivity contribution in [3.05, 3.63) is 29.8 Å². The number of aliphatic hydroxyl groups is 1. The molecule has 1 atom stereocenters. The maximum absolute atomic E-state index is 12.2. The molecule has 0 saturated carbocycles. The molecule has 0 amide bonds. The Bertz CT molecular complexity index is 533. The first-order chi connectivity index (χ1) is 9.13. The Morgan fingerprint density at radius 1 is 1.35 bits per heavy atom. The van der Waals surface area contributed by atoms with Crippen molar-refractivity contribution in [2.24, 2.45) is 11.3 Å². The number of hydrogen-bond donors (Lipinski definition) is 1. The van der Waals surface area contributed by atoms with Crippen LogP contribution in [0.4, 0.5) is 0 Å². The first kappa shape index (κ1) is 14.8. The summed E-state index contributed by atoms with van der Waals surface area (Å²) in [5.74, 6) is 0.259. The summed E-state index contributed by atoms with van der Waals surface area (Å²) in [5.41, 5.74) is 0.0698. The fraction of sp³-hybridized carbons (Fsp3) is 0.625. The van der Waals surface area contributed by atoms with E-state index in [-0.39, 0.29) is 28.4 Å². The number of nitrogens with zero attached hydrogens (tertiary/aromatic N) is 2. The largest absolute Gasteiger partial charge is 0.512 e. The summed E-state index contributed by atoms with van der Waals surface area (Å²) in [5, 5.41) is 14.7. The average Bonchev–Trinajstić information content (AvgIpc) is 2.86. The quantitative estimate of drug-likeness (QED) is 0.920. The molecule has 0 saturated heterocycles. The second-order valence-corrected chi connectivity index (χ2v) is 7.30. The smallest absolute Gasteiger partial charge is 0.163 e. The number of aromatic nitrogens is 2. The molecular weight excluding hydrogens is 252 g/mol. The van der Waals surface area contributed by atoms with Gasteiger partial charge < -0.3 is 5.11 Å². The highest BCUT2D eigenvalue weighted by Gasteiger charge is 2.40. The van der Waals surface area contributed by atoms with E-state index < -0.39 is 0 Å². The van der Waals surface area contributed by atoms with Crippen molar-refractivity contribution in [3.63, 3.8) is 0 Å². The van der Waals surface area contributed by atoms with Crippen molar-refractivity contribution in [1.82, 2.24) is 9.78 Å². The Kier molecular flexibility index (Phi) is 3.53. The van der Waals surface area contributed by atoms with Crippen LogP contribution in [0.15, 0.2) is 29.8 Å². The summed E-state index contributed by atoms with van der Waals surface area (Å²) < 4.78 is 1.89. The molecule has 1 aromatic heterocycles. The van der Waals surface area contributed by atoms with E-state index in [4.69, 9.17) is 0 Å². The minimum atomic E-state index is -0.300. The second kappa shape index (κ2) is 4.76. The molecule has 1 unspecified atom stereocenters. The van der Waals surface area contributed by atoms with Gasteiger partial charge in [-0.2, -0.15) is 5.10 Å². The molecule has 0 bridgehead atoms. The number of carbonyl (C=O) groups is 1. The van der Waals surface area contributed by atoms with Crippen LogP contribution in [-0.2, 0) is 10.3 Å². The van der Waals surface area contributed by atoms with Crippen molar-refractivity contribution in [3.8, 4) is 0 Å². The van der Waals surface area contributed by atoms with E-state index >= 15 is 0 Å². The summed E-state index contributed by atoms with van der Waals surface area (Å²) in [4.78, 5) is 12.2. The first-order valence-corrected chi connectivity index (χ1v) is 7.10. The molecule has 1 heterocycles. The topological polar surface area (TPSA) is 55.1 Å². The van der Waals surface area contributed by atoms with Gasteiger partial charge in [0, 0.05) is 30.3 Å². The lowest BCUT2D eigenvalue weighted by Crippen LogP contribution is -2.30. The highest BCUT2D eigenvalue weighted by Crippen LogP contribution is 2.42. The fourth-order valence-corrected chi connectivity index (χ4v) is 3.06. The van der Waals surface area contributed by atoms with Gasteiger partial charge in [-0.1, -0.05) is 20.8 Å². The predicted octanol–water partition coefficient (Wildman–Crippen LogP) is 3.46. The molecule has 2 rings (SSSR count). The van der Waals surface area contributed by atoms with Gasteiger partial charge in [0.05, 0.1) is 5.54 Å². The zero-order chi connectivity index (χ0) is 15.1. The molecule has 1 N–H and O–H groups in total. The van der Waals surface area contributed by atoms with Gasteiger partial charge in [0.15, 0.2) is 5.78 Å². The lowest BCUT2D eigenvalue weighted by atomic mass is 9.85. The third-order valence-electron chi connectivity index (χ3n) is 3.97. The normalized spacial score (nSPS) is 20.9. The number of allylic oxidation sites excluding steroid dienone is 2. The van der Waals surface area contributed by atoms with Crippen LogP contribution in [0.3, 0.4) is 0 Å². The highest BCUT2D eigenvalue weighted by molar-refractivity contribution is 5.99. The van der Waals surface area contributed by atoms with Crippen LogP contribution < -0.4 is 0 Å². The monoisotopic (exact) mass is 276 g/mol. The van der Waals surface area contributed by atoms with Gasteiger partial charge in [0.1, 0.15) is 5.76 Å². The van der Waals surface area contributed by atoms with Crippen molar-refractivity contribution >= 4 is 5.78 Å². The highest BCUT2D eigenvalue weighted by atomic mass is 16.3. The first-order valence-electron chi connectivity index (χ1n) is 7.10. The van der Waals surface area contributed by atoms with Crippen LogP contribution in [0, 0.1) is 11.3 Å². The Hall–Kier alpha value is -1.58. The Balaban J connectivity index is 2.24. The van der Waals surface area contributed by atoms with Crippen LogP contribution in [-0.4, -0.2) is 20.7 Å². The van der Waals surface area contributed by atoms with Crippen molar-refractivity contribution < 1.29 is 9.90 Å². The van der Waals surface area contributed by atoms with Crippen molar-refractivity contribution in [2.45, 2.75) is 53.0 Å². The molecule has 1 aliphatic rings. The SMILES string of the molecule is CC(C)(C)C1=C(O)C(CC(C)(C)n2cccn2)CC1=O. The molecule has 0 aliphatic heterocycles. The Labute approximate surface area is 120 Å². The molecule has 4 nitrogen and oxygen atoms in total. The maximum Gasteiger partial charge on any atom is 0.163 e. The Morgan fingerprint density at radius 2 is 2.00 bits per heavy atom. The lowest BCUT2D eigenvalue weighted by molar-refractivity contribution is -0.116. The number of Topliss-reactive ketones (excluding diaryl/α,β-unsaturated/α-hetero) is 1. The molecule has 1 aromatic rings. The lowest BCUT2D eigenvalue weighted by Gasteiger charge is -2.28. The third kappa shape index (κ3) is 2.65. The Morgan fingerprint density at radius 3 is 2.45 bits per heavy atom. The molecule has 110 valence electrons. The van der Waals surface area contributed by atoms with Crippen molar-refractivity contribution in [2.75, 3.05) is 0 Å². The molecule has 4 heteroatoms. The molecule has 0 spiro atoms. The number of aliphatic hydroxyl groups excluding tert-OH is 1. The van der Waals surface area contributed by atoms with E-state index in [2.05, 4.69) is 18.9 Å². The predicted molar refractivity (Wildman–Crippen MR) is 78.4 cm³/mol. The van der Waals surface area contributed by atoms with E-state index in [1.54, 1.807) is 6.20 Å². The van der Waals surface area contributed by atoms with Crippen LogP contribution in [0.1, 0.15) is 47.5 Å². The van der Waals surface area contributed by atoms with Gasteiger partial charge in [0.2, 0.25) is 0 Å². The van der Waals surface area contributed by atoms with Crippen LogP contribution in [0.25, 0.3) is 0 Å². The van der Waals surface area contributed by atoms with Crippen LogP contribution in [0.5, 0.6) is 0 Å². The zero-order valence-corrected chi connectivity index (χ0v) is 13.0. The standard InChI is InChI=1S/C16H24N2O2/c1-15(2,3)13-12(19)9-11(14(13)20)10-16(4,5)18-8-6-7-17-18/h6-8,11,20H,9-10H2,1-5H3. The minimum Gasteiger partial charge on any atom is -0.512 e. The van der Waals surface area contributed by atoms with Gasteiger partial charge >= 0.3 is 0 Å². The third-order valence-corrected chi connectivity index (χ3v) is 3.97. The molecule has 0 radical (unpaired) electrons. The van der Waals surface area contributed by atoms with Gasteiger partial charge in [0.25, 0.3) is 0 Å². The number of carbonyl (C=O) groups excluding carboxylic acids is 1. The number of hydrogen-bond acceptors (Lipinski definition) is 3. The summed E-state index contributed by atoms with van der Waals surface area (Å²) >= 11 is 0. The maximum atomic E-state index is 12.2. The number of rotatable bonds is 3. The van der Waals surface area contributed by atoms with E-state index in [1.807, 2.05) is 37.7 Å². The van der Waals surface area contributed by atoms with E-state index in [1.165, 1.54) is 0 Å². The summed E-state index contributed by atoms with van der Waals surface area (Å²) in [6.45, 7) is 10.1. The van der Waals surface area contributed by atoms with Gasteiger partial charge in [-0.05, 0) is 31.7 Å². The molecule has 0 aromatic carbocycles. The molecule has 0 fully saturated rings. The van der Waals surface area contributed by atoms with Gasteiger partial charge in [-0.15, -0.1) is 0 Å². The fourth-order valence-electron chi connectivity index (χ4n) is 3.06.